The molecule has 0 bridgehead atoms. The lowest BCUT2D eigenvalue weighted by atomic mass is 10.1. The molecule has 3 N–H and O–H groups in total. The molecular weight excluding hydrogens is 238 g/mol. The van der Waals surface area contributed by atoms with Crippen molar-refractivity contribution in [1.82, 2.24) is 4.37 Å². The van der Waals surface area contributed by atoms with Gasteiger partial charge in [0.05, 0.1) is 12.2 Å². The molecule has 0 aliphatic rings. The number of nitrogen functional groups attached to an aromatic ring is 1. The molecule has 17 heavy (non-hydrogen) atoms. The zero-order valence-corrected chi connectivity index (χ0v) is 11.7. The van der Waals surface area contributed by atoms with E-state index >= 15 is 0 Å². The average molecular weight is 259 g/mol. The molecule has 0 unspecified atom stereocenters. The van der Waals surface area contributed by atoms with Crippen LogP contribution in [0.1, 0.15) is 27.7 Å². The zero-order chi connectivity index (χ0) is 12.9. The summed E-state index contributed by atoms with van der Waals surface area (Å²) < 4.78 is 15.1. The topological polar surface area (TPSA) is 69.4 Å². The summed E-state index contributed by atoms with van der Waals surface area (Å²) in [6, 6.07) is 0. The smallest absolute Gasteiger partial charge is 0.197 e. The first kappa shape index (κ1) is 14.1. The van der Waals surface area contributed by atoms with Crippen molar-refractivity contribution in [2.45, 2.75) is 33.3 Å². The first-order chi connectivity index (χ1) is 8.00. The van der Waals surface area contributed by atoms with Gasteiger partial charge in [0.2, 0.25) is 0 Å². The van der Waals surface area contributed by atoms with Gasteiger partial charge in [-0.2, -0.15) is 4.37 Å². The second kappa shape index (κ2) is 6.07. The molecular formula is C11H21N3O2S. The van der Waals surface area contributed by atoms with Gasteiger partial charge in [-0.05, 0) is 39.2 Å². The van der Waals surface area contributed by atoms with Crippen molar-refractivity contribution in [3.63, 3.8) is 0 Å². The summed E-state index contributed by atoms with van der Waals surface area (Å²) in [6.45, 7) is 9.93. The molecule has 6 heteroatoms. The molecule has 1 heterocycles. The standard InChI is InChI=1S/C11H21N3O2S/c1-5-15-8-9(12)14-17-10(8)13-7-11(3,4)16-6-2/h13H,5-7H2,1-4H3,(H2,12,14). The lowest BCUT2D eigenvalue weighted by Gasteiger charge is -2.25. The molecule has 0 aliphatic carbocycles. The van der Waals surface area contributed by atoms with Crippen LogP contribution in [0.4, 0.5) is 10.8 Å². The van der Waals surface area contributed by atoms with Crippen LogP contribution in [0.25, 0.3) is 0 Å². The molecule has 0 aromatic carbocycles. The number of nitrogens with zero attached hydrogens (tertiary/aromatic N) is 1. The molecule has 0 atom stereocenters. The normalized spacial score (nSPS) is 11.5. The van der Waals surface area contributed by atoms with E-state index < -0.39 is 0 Å². The van der Waals surface area contributed by atoms with Crippen molar-refractivity contribution < 1.29 is 9.47 Å². The third-order valence-electron chi connectivity index (χ3n) is 2.17. The molecule has 5 nitrogen and oxygen atoms in total. The van der Waals surface area contributed by atoms with Crippen molar-refractivity contribution in [2.75, 3.05) is 30.8 Å². The van der Waals surface area contributed by atoms with Gasteiger partial charge in [0, 0.05) is 13.2 Å². The van der Waals surface area contributed by atoms with E-state index in [1.807, 2.05) is 27.7 Å². The highest BCUT2D eigenvalue weighted by Gasteiger charge is 2.20. The van der Waals surface area contributed by atoms with Gasteiger partial charge in [-0.1, -0.05) is 0 Å². The summed E-state index contributed by atoms with van der Waals surface area (Å²) in [5, 5.41) is 4.13. The van der Waals surface area contributed by atoms with Gasteiger partial charge in [0.25, 0.3) is 0 Å². The number of hydrogen-bond acceptors (Lipinski definition) is 6. The number of ether oxygens (including phenoxy) is 2. The van der Waals surface area contributed by atoms with Crippen molar-refractivity contribution in [2.24, 2.45) is 0 Å². The highest BCUT2D eigenvalue weighted by Crippen LogP contribution is 2.35. The molecule has 0 fully saturated rings. The molecule has 0 radical (unpaired) electrons. The fourth-order valence-electron chi connectivity index (χ4n) is 1.43. The Hall–Kier alpha value is -1.01. The maximum atomic E-state index is 5.73. The Kier molecular flexibility index (Phi) is 5.02. The van der Waals surface area contributed by atoms with E-state index in [0.717, 1.165) is 5.00 Å². The fraction of sp³-hybridized carbons (Fsp3) is 0.727. The summed E-state index contributed by atoms with van der Waals surface area (Å²) in [5.41, 5.74) is 5.50. The Bertz CT molecular complexity index is 352. The monoisotopic (exact) mass is 259 g/mol. The predicted molar refractivity (Wildman–Crippen MR) is 71.9 cm³/mol. The van der Waals surface area contributed by atoms with Crippen molar-refractivity contribution in [3.8, 4) is 5.75 Å². The van der Waals surface area contributed by atoms with Crippen LogP contribution in [0.5, 0.6) is 5.75 Å². The molecule has 0 amide bonds. The number of hydrogen-bond donors (Lipinski definition) is 2. The predicted octanol–water partition coefficient (Wildman–Crippen LogP) is 2.35. The first-order valence-corrected chi connectivity index (χ1v) is 6.53. The SMILES string of the molecule is CCOc1c(N)nsc1NCC(C)(C)OCC. The second-order valence-electron chi connectivity index (χ2n) is 4.21. The highest BCUT2D eigenvalue weighted by molar-refractivity contribution is 7.11. The minimum atomic E-state index is -0.225. The average Bonchev–Trinajstić information content (AvgIpc) is 2.59. The maximum absolute atomic E-state index is 5.73. The molecule has 98 valence electrons. The Morgan fingerprint density at radius 3 is 2.65 bits per heavy atom. The van der Waals surface area contributed by atoms with Gasteiger partial charge in [-0.3, -0.25) is 0 Å². The molecule has 1 aromatic heterocycles. The van der Waals surface area contributed by atoms with Gasteiger partial charge in [-0.25, -0.2) is 0 Å². The summed E-state index contributed by atoms with van der Waals surface area (Å²) in [7, 11) is 0. The van der Waals surface area contributed by atoms with Crippen LogP contribution < -0.4 is 15.8 Å². The van der Waals surface area contributed by atoms with Crippen LogP contribution in [0.3, 0.4) is 0 Å². The van der Waals surface area contributed by atoms with Gasteiger partial charge >= 0.3 is 0 Å². The molecule has 0 aliphatic heterocycles. The Morgan fingerprint density at radius 1 is 1.35 bits per heavy atom. The first-order valence-electron chi connectivity index (χ1n) is 5.76. The van der Waals surface area contributed by atoms with Crippen LogP contribution in [0.2, 0.25) is 0 Å². The molecule has 1 aromatic rings. The number of anilines is 2. The molecule has 0 spiro atoms. The number of rotatable bonds is 7. The van der Waals surface area contributed by atoms with Crippen molar-refractivity contribution in [3.05, 3.63) is 0 Å². The van der Waals surface area contributed by atoms with Gasteiger partial charge in [-0.15, -0.1) is 0 Å². The van der Waals surface area contributed by atoms with Crippen molar-refractivity contribution in [1.29, 1.82) is 0 Å². The van der Waals surface area contributed by atoms with E-state index in [1.54, 1.807) is 0 Å². The fourth-order valence-corrected chi connectivity index (χ4v) is 2.08. The summed E-state index contributed by atoms with van der Waals surface area (Å²) >= 11 is 1.31. The third kappa shape index (κ3) is 4.05. The van der Waals surface area contributed by atoms with Crippen LogP contribution in [-0.4, -0.2) is 29.7 Å². The molecule has 0 saturated heterocycles. The van der Waals surface area contributed by atoms with Crippen molar-refractivity contribution >= 4 is 22.4 Å². The Morgan fingerprint density at radius 2 is 2.06 bits per heavy atom. The minimum Gasteiger partial charge on any atom is -0.487 e. The van der Waals surface area contributed by atoms with Crippen LogP contribution in [-0.2, 0) is 4.74 Å². The lowest BCUT2D eigenvalue weighted by Crippen LogP contribution is -2.33. The summed E-state index contributed by atoms with van der Waals surface area (Å²) in [4.78, 5) is 0. The van der Waals surface area contributed by atoms with Crippen LogP contribution in [0, 0.1) is 0 Å². The number of nitrogens with one attached hydrogen (secondary N) is 1. The highest BCUT2D eigenvalue weighted by atomic mass is 32.1. The largest absolute Gasteiger partial charge is 0.487 e. The lowest BCUT2D eigenvalue weighted by molar-refractivity contribution is 0.000724. The number of nitrogens with two attached hydrogens (primary N) is 1. The molecule has 0 saturated carbocycles. The van der Waals surface area contributed by atoms with Crippen LogP contribution >= 0.6 is 11.5 Å². The quantitative estimate of drug-likeness (QED) is 0.786. The molecule has 1 rings (SSSR count). The minimum absolute atomic E-state index is 0.225. The van der Waals surface area contributed by atoms with E-state index in [2.05, 4.69) is 9.69 Å². The van der Waals surface area contributed by atoms with E-state index in [4.69, 9.17) is 15.2 Å². The maximum Gasteiger partial charge on any atom is 0.197 e. The van der Waals surface area contributed by atoms with Gasteiger partial charge in [0.15, 0.2) is 16.6 Å². The van der Waals surface area contributed by atoms with E-state index in [1.165, 1.54) is 11.5 Å². The number of aromatic nitrogens is 1. The van der Waals surface area contributed by atoms with E-state index in [0.29, 0.717) is 31.3 Å². The van der Waals surface area contributed by atoms with E-state index in [-0.39, 0.29) is 5.60 Å². The Balaban J connectivity index is 2.62. The zero-order valence-electron chi connectivity index (χ0n) is 10.9. The van der Waals surface area contributed by atoms with E-state index in [9.17, 15) is 0 Å². The Labute approximate surface area is 106 Å². The van der Waals surface area contributed by atoms with Crippen LogP contribution in [0.15, 0.2) is 0 Å². The van der Waals surface area contributed by atoms with Gasteiger partial charge in [0.1, 0.15) is 0 Å². The summed E-state index contributed by atoms with van der Waals surface area (Å²) in [5.74, 6) is 1.08. The van der Waals surface area contributed by atoms with Gasteiger partial charge < -0.3 is 20.5 Å². The third-order valence-corrected chi connectivity index (χ3v) is 2.97. The summed E-state index contributed by atoms with van der Waals surface area (Å²) in [6.07, 6.45) is 0. The second-order valence-corrected chi connectivity index (χ2v) is 4.98.